The van der Waals surface area contributed by atoms with Gasteiger partial charge in [0.2, 0.25) is 0 Å². The summed E-state index contributed by atoms with van der Waals surface area (Å²) in [5, 5.41) is 9.55. The second-order valence-electron chi connectivity index (χ2n) is 5.14. The van der Waals surface area contributed by atoms with E-state index >= 15 is 0 Å². The van der Waals surface area contributed by atoms with Crippen molar-refractivity contribution in [2.45, 2.75) is 45.8 Å². The average Bonchev–Trinajstić information content (AvgIpc) is 1.92. The lowest BCUT2D eigenvalue weighted by Gasteiger charge is -2.39. The Bertz CT molecular complexity index is 150. The molecule has 1 heterocycles. The van der Waals surface area contributed by atoms with E-state index in [1.165, 1.54) is 0 Å². The molecule has 12 heavy (non-hydrogen) atoms. The molecule has 3 unspecified atom stereocenters. The Balaban J connectivity index is 2.51. The molecule has 0 saturated carbocycles. The molecule has 0 amide bonds. The van der Waals surface area contributed by atoms with Gasteiger partial charge in [0, 0.05) is 12.3 Å². The van der Waals surface area contributed by atoms with Gasteiger partial charge < -0.3 is 10.0 Å². The van der Waals surface area contributed by atoms with Crippen molar-refractivity contribution in [3.05, 3.63) is 0 Å². The van der Waals surface area contributed by atoms with Crippen LogP contribution in [0.25, 0.3) is 0 Å². The molecule has 3 atom stereocenters. The van der Waals surface area contributed by atoms with Gasteiger partial charge >= 0.3 is 0 Å². The SMILES string of the molecule is CC1C[NH+](C(C)(C)C)CCC1O. The first-order valence-corrected chi connectivity index (χ1v) is 4.94. The number of rotatable bonds is 0. The Kier molecular flexibility index (Phi) is 2.79. The summed E-state index contributed by atoms with van der Waals surface area (Å²) >= 11 is 0. The van der Waals surface area contributed by atoms with E-state index in [0.29, 0.717) is 11.5 Å². The zero-order valence-electron chi connectivity index (χ0n) is 8.72. The first-order valence-electron chi connectivity index (χ1n) is 4.94. The van der Waals surface area contributed by atoms with Gasteiger partial charge in [0.15, 0.2) is 0 Å². The smallest absolute Gasteiger partial charge is 0.0891 e. The number of hydrogen-bond donors (Lipinski definition) is 2. The van der Waals surface area contributed by atoms with E-state index in [1.54, 1.807) is 4.90 Å². The Morgan fingerprint density at radius 1 is 1.33 bits per heavy atom. The molecule has 2 nitrogen and oxygen atoms in total. The van der Waals surface area contributed by atoms with Gasteiger partial charge in [-0.25, -0.2) is 0 Å². The number of piperidine rings is 1. The normalized spacial score (nSPS) is 38.2. The van der Waals surface area contributed by atoms with Gasteiger partial charge in [-0.3, -0.25) is 0 Å². The molecule has 0 aromatic rings. The zero-order chi connectivity index (χ0) is 9.35. The van der Waals surface area contributed by atoms with Crippen molar-refractivity contribution in [3.8, 4) is 0 Å². The summed E-state index contributed by atoms with van der Waals surface area (Å²) in [6, 6.07) is 0. The van der Waals surface area contributed by atoms with Crippen molar-refractivity contribution >= 4 is 0 Å². The summed E-state index contributed by atoms with van der Waals surface area (Å²) in [4.78, 5) is 1.63. The molecular weight excluding hydrogens is 150 g/mol. The van der Waals surface area contributed by atoms with Gasteiger partial charge in [-0.15, -0.1) is 0 Å². The monoisotopic (exact) mass is 172 g/mol. The summed E-state index contributed by atoms with van der Waals surface area (Å²) in [6.07, 6.45) is 0.907. The van der Waals surface area contributed by atoms with Crippen molar-refractivity contribution in [2.75, 3.05) is 13.1 Å². The highest BCUT2D eigenvalue weighted by Gasteiger charge is 2.33. The molecule has 0 aliphatic carbocycles. The van der Waals surface area contributed by atoms with Crippen LogP contribution in [0.2, 0.25) is 0 Å². The summed E-state index contributed by atoms with van der Waals surface area (Å²) < 4.78 is 0. The molecule has 0 aromatic carbocycles. The second-order valence-corrected chi connectivity index (χ2v) is 5.14. The molecule has 1 rings (SSSR count). The lowest BCUT2D eigenvalue weighted by atomic mass is 9.92. The standard InChI is InChI=1S/C10H21NO/c1-8-7-11(10(2,3)4)6-5-9(8)12/h8-9,12H,5-7H2,1-4H3/p+1. The van der Waals surface area contributed by atoms with E-state index in [9.17, 15) is 5.11 Å². The number of quaternary nitrogens is 1. The summed E-state index contributed by atoms with van der Waals surface area (Å²) in [6.45, 7) is 11.2. The third kappa shape index (κ3) is 2.20. The van der Waals surface area contributed by atoms with Crippen LogP contribution in [0.4, 0.5) is 0 Å². The van der Waals surface area contributed by atoms with Crippen LogP contribution in [0.15, 0.2) is 0 Å². The third-order valence-corrected chi connectivity index (χ3v) is 3.03. The molecule has 2 N–H and O–H groups in total. The third-order valence-electron chi connectivity index (χ3n) is 3.03. The molecule has 1 fully saturated rings. The first-order chi connectivity index (χ1) is 5.41. The molecule has 0 bridgehead atoms. The lowest BCUT2D eigenvalue weighted by molar-refractivity contribution is -0.955. The van der Waals surface area contributed by atoms with Crippen LogP contribution in [-0.2, 0) is 0 Å². The van der Waals surface area contributed by atoms with Crippen molar-refractivity contribution in [1.82, 2.24) is 0 Å². The van der Waals surface area contributed by atoms with Gasteiger partial charge in [0.05, 0.1) is 24.7 Å². The predicted octanol–water partition coefficient (Wildman–Crippen LogP) is 0.0705. The number of aliphatic hydroxyl groups is 1. The fourth-order valence-corrected chi connectivity index (χ4v) is 1.91. The minimum Gasteiger partial charge on any atom is -0.392 e. The molecule has 0 radical (unpaired) electrons. The Morgan fingerprint density at radius 3 is 2.33 bits per heavy atom. The van der Waals surface area contributed by atoms with Gasteiger partial charge in [-0.05, 0) is 20.8 Å². The molecule has 1 aliphatic rings. The fourth-order valence-electron chi connectivity index (χ4n) is 1.91. The highest BCUT2D eigenvalue weighted by Crippen LogP contribution is 2.09. The number of nitrogens with one attached hydrogen (secondary N) is 1. The quantitative estimate of drug-likeness (QED) is 0.531. The van der Waals surface area contributed by atoms with Crippen LogP contribution in [0, 0.1) is 5.92 Å². The van der Waals surface area contributed by atoms with E-state index in [1.807, 2.05) is 0 Å². The van der Waals surface area contributed by atoms with Crippen LogP contribution < -0.4 is 4.90 Å². The maximum atomic E-state index is 9.55. The fraction of sp³-hybridized carbons (Fsp3) is 1.00. The van der Waals surface area contributed by atoms with Crippen LogP contribution in [-0.4, -0.2) is 29.8 Å². The maximum Gasteiger partial charge on any atom is 0.0891 e. The first kappa shape index (κ1) is 10.0. The average molecular weight is 172 g/mol. The molecule has 72 valence electrons. The van der Waals surface area contributed by atoms with Crippen LogP contribution in [0.5, 0.6) is 0 Å². The second kappa shape index (κ2) is 3.35. The van der Waals surface area contributed by atoms with Gasteiger partial charge in [0.25, 0.3) is 0 Å². The van der Waals surface area contributed by atoms with Gasteiger partial charge in [-0.1, -0.05) is 6.92 Å². The maximum absolute atomic E-state index is 9.55. The van der Waals surface area contributed by atoms with Crippen LogP contribution in [0.1, 0.15) is 34.1 Å². The molecule has 0 aromatic heterocycles. The van der Waals surface area contributed by atoms with Crippen molar-refractivity contribution in [1.29, 1.82) is 0 Å². The lowest BCUT2D eigenvalue weighted by Crippen LogP contribution is -3.20. The van der Waals surface area contributed by atoms with Gasteiger partial charge in [0.1, 0.15) is 0 Å². The minimum absolute atomic E-state index is 0.0592. The van der Waals surface area contributed by atoms with Crippen molar-refractivity contribution < 1.29 is 10.0 Å². The van der Waals surface area contributed by atoms with E-state index < -0.39 is 0 Å². The highest BCUT2D eigenvalue weighted by atomic mass is 16.3. The number of likely N-dealkylation sites (tertiary alicyclic amines) is 1. The van der Waals surface area contributed by atoms with E-state index in [0.717, 1.165) is 19.5 Å². The van der Waals surface area contributed by atoms with E-state index in [2.05, 4.69) is 27.7 Å². The van der Waals surface area contributed by atoms with Crippen LogP contribution >= 0.6 is 0 Å². The number of hydrogen-bond acceptors (Lipinski definition) is 1. The zero-order valence-corrected chi connectivity index (χ0v) is 8.72. The van der Waals surface area contributed by atoms with E-state index in [4.69, 9.17) is 0 Å². The van der Waals surface area contributed by atoms with Crippen molar-refractivity contribution in [2.24, 2.45) is 5.92 Å². The molecule has 1 saturated heterocycles. The summed E-state index contributed by atoms with van der Waals surface area (Å²) in [5.41, 5.74) is 0.342. The molecule has 1 aliphatic heterocycles. The largest absolute Gasteiger partial charge is 0.392 e. The minimum atomic E-state index is -0.0592. The topological polar surface area (TPSA) is 24.7 Å². The molecule has 0 spiro atoms. The van der Waals surface area contributed by atoms with Gasteiger partial charge in [-0.2, -0.15) is 0 Å². The molecular formula is C10H22NO+. The summed E-state index contributed by atoms with van der Waals surface area (Å²) in [7, 11) is 0. The molecule has 2 heteroatoms. The predicted molar refractivity (Wildman–Crippen MR) is 50.2 cm³/mol. The Morgan fingerprint density at radius 2 is 1.92 bits per heavy atom. The van der Waals surface area contributed by atoms with E-state index in [-0.39, 0.29) is 6.10 Å². The van der Waals surface area contributed by atoms with Crippen molar-refractivity contribution in [3.63, 3.8) is 0 Å². The Labute approximate surface area is 75.6 Å². The summed E-state index contributed by atoms with van der Waals surface area (Å²) in [5.74, 6) is 0.466. The highest BCUT2D eigenvalue weighted by molar-refractivity contribution is 4.70. The number of aliphatic hydroxyl groups excluding tert-OH is 1. The Hall–Kier alpha value is -0.0800. The van der Waals surface area contributed by atoms with Crippen LogP contribution in [0.3, 0.4) is 0 Å².